The number of benzene rings is 1. The summed E-state index contributed by atoms with van der Waals surface area (Å²) in [6.07, 6.45) is 1.42. The molecule has 1 rings (SSSR count). The largest absolute Gasteiger partial charge is 0.506 e. The number of aliphatic imine (C=N–C) groups is 1. The van der Waals surface area contributed by atoms with Gasteiger partial charge in [0, 0.05) is 5.56 Å². The van der Waals surface area contributed by atoms with E-state index in [0.717, 1.165) is 11.1 Å². The molecule has 0 atom stereocenters. The zero-order chi connectivity index (χ0) is 10.7. The molecular formula is C10H10ClNO2. The van der Waals surface area contributed by atoms with Crippen molar-refractivity contribution in [2.75, 3.05) is 0 Å². The molecule has 0 amide bonds. The first kappa shape index (κ1) is 10.8. The predicted octanol–water partition coefficient (Wildman–Crippen LogP) is 2.50. The minimum atomic E-state index is -0.00577. The topological polar surface area (TPSA) is 49.7 Å². The molecule has 0 aliphatic carbocycles. The van der Waals surface area contributed by atoms with Gasteiger partial charge in [0.15, 0.2) is 0 Å². The van der Waals surface area contributed by atoms with Crippen molar-refractivity contribution in [2.24, 2.45) is 4.99 Å². The van der Waals surface area contributed by atoms with Crippen molar-refractivity contribution in [3.63, 3.8) is 0 Å². The van der Waals surface area contributed by atoms with Crippen LogP contribution in [0.15, 0.2) is 11.1 Å². The lowest BCUT2D eigenvalue weighted by atomic mass is 10.1. The number of aromatic hydroxyl groups is 1. The molecule has 0 saturated carbocycles. The Balaban J connectivity index is 3.25. The Kier molecular flexibility index (Phi) is 3.28. The number of phenolic OH excluding ortho intramolecular Hbond substituents is 1. The number of rotatable bonds is 2. The van der Waals surface area contributed by atoms with Crippen LogP contribution in [0.2, 0.25) is 5.02 Å². The first-order chi connectivity index (χ1) is 6.57. The molecule has 0 aromatic heterocycles. The van der Waals surface area contributed by atoms with Crippen molar-refractivity contribution in [1.29, 1.82) is 0 Å². The van der Waals surface area contributed by atoms with E-state index in [1.54, 1.807) is 6.07 Å². The van der Waals surface area contributed by atoms with Crippen LogP contribution in [0, 0.1) is 13.8 Å². The molecule has 0 radical (unpaired) electrons. The maximum Gasteiger partial charge on any atom is 0.235 e. The summed E-state index contributed by atoms with van der Waals surface area (Å²) in [5.74, 6) is -0.00577. The van der Waals surface area contributed by atoms with E-state index in [4.69, 9.17) is 11.6 Å². The molecule has 1 aromatic rings. The van der Waals surface area contributed by atoms with Crippen molar-refractivity contribution in [2.45, 2.75) is 20.4 Å². The second-order valence-corrected chi connectivity index (χ2v) is 3.43. The number of nitrogens with zero attached hydrogens (tertiary/aromatic N) is 1. The molecule has 3 nitrogen and oxygen atoms in total. The molecule has 4 heteroatoms. The highest BCUT2D eigenvalue weighted by Crippen LogP contribution is 2.33. The molecule has 0 saturated heterocycles. The quantitative estimate of drug-likeness (QED) is 0.604. The molecule has 0 fully saturated rings. The smallest absolute Gasteiger partial charge is 0.235 e. The SMILES string of the molecule is Cc1cc(CN=C=O)c(O)c(Cl)c1C. The molecule has 0 heterocycles. The van der Waals surface area contributed by atoms with Crippen LogP contribution in [0.3, 0.4) is 0 Å². The average Bonchev–Trinajstić information content (AvgIpc) is 2.18. The molecule has 0 aliphatic rings. The first-order valence-corrected chi connectivity index (χ1v) is 4.47. The van der Waals surface area contributed by atoms with Gasteiger partial charge in [-0.3, -0.25) is 0 Å². The molecule has 0 unspecified atom stereocenters. The Bertz CT molecular complexity index is 409. The lowest BCUT2D eigenvalue weighted by molar-refractivity contribution is 0.468. The van der Waals surface area contributed by atoms with Crippen LogP contribution in [-0.4, -0.2) is 11.2 Å². The lowest BCUT2D eigenvalue weighted by Crippen LogP contribution is -1.90. The van der Waals surface area contributed by atoms with E-state index in [-0.39, 0.29) is 12.3 Å². The summed E-state index contributed by atoms with van der Waals surface area (Å²) in [7, 11) is 0. The van der Waals surface area contributed by atoms with E-state index in [1.165, 1.54) is 6.08 Å². The van der Waals surface area contributed by atoms with Gasteiger partial charge in [-0.05, 0) is 25.0 Å². The van der Waals surface area contributed by atoms with Crippen molar-refractivity contribution in [1.82, 2.24) is 0 Å². The fraction of sp³-hybridized carbons (Fsp3) is 0.300. The minimum absolute atomic E-state index is 0.00577. The molecule has 1 N–H and O–H groups in total. The van der Waals surface area contributed by atoms with E-state index in [9.17, 15) is 9.90 Å². The number of halogens is 1. The zero-order valence-electron chi connectivity index (χ0n) is 7.97. The van der Waals surface area contributed by atoms with E-state index in [2.05, 4.69) is 4.99 Å². The highest BCUT2D eigenvalue weighted by Gasteiger charge is 2.10. The molecule has 0 bridgehead atoms. The average molecular weight is 212 g/mol. The normalized spacial score (nSPS) is 9.64. The van der Waals surface area contributed by atoms with Gasteiger partial charge in [-0.25, -0.2) is 9.79 Å². The van der Waals surface area contributed by atoms with Gasteiger partial charge in [0.2, 0.25) is 6.08 Å². The minimum Gasteiger partial charge on any atom is -0.506 e. The highest BCUT2D eigenvalue weighted by atomic mass is 35.5. The molecule has 14 heavy (non-hydrogen) atoms. The summed E-state index contributed by atoms with van der Waals surface area (Å²) in [4.78, 5) is 13.3. The van der Waals surface area contributed by atoms with Gasteiger partial charge in [-0.1, -0.05) is 17.7 Å². The number of carbonyl (C=O) groups excluding carboxylic acids is 1. The third kappa shape index (κ3) is 1.95. The van der Waals surface area contributed by atoms with Gasteiger partial charge in [0.25, 0.3) is 0 Å². The van der Waals surface area contributed by atoms with E-state index in [0.29, 0.717) is 10.6 Å². The van der Waals surface area contributed by atoms with Crippen LogP contribution < -0.4 is 0 Å². The number of aryl methyl sites for hydroxylation is 1. The van der Waals surface area contributed by atoms with E-state index < -0.39 is 0 Å². The second kappa shape index (κ2) is 4.27. The Labute approximate surface area is 87.0 Å². The predicted molar refractivity (Wildman–Crippen MR) is 54.4 cm³/mol. The standard InChI is InChI=1S/C10H10ClNO2/c1-6-3-8(4-12-5-13)10(14)9(11)7(6)2/h3,14H,4H2,1-2H3. The molecule has 0 aliphatic heterocycles. The summed E-state index contributed by atoms with van der Waals surface area (Å²) >= 11 is 5.88. The van der Waals surface area contributed by atoms with Gasteiger partial charge in [0.05, 0.1) is 11.6 Å². The van der Waals surface area contributed by atoms with Crippen LogP contribution >= 0.6 is 11.6 Å². The van der Waals surface area contributed by atoms with Gasteiger partial charge in [0.1, 0.15) is 5.75 Å². The maximum atomic E-state index is 9.92. The van der Waals surface area contributed by atoms with Crippen LogP contribution in [0.1, 0.15) is 16.7 Å². The first-order valence-electron chi connectivity index (χ1n) is 4.09. The fourth-order valence-electron chi connectivity index (χ4n) is 1.17. The van der Waals surface area contributed by atoms with Gasteiger partial charge < -0.3 is 5.11 Å². The third-order valence-electron chi connectivity index (χ3n) is 2.14. The summed E-state index contributed by atoms with van der Waals surface area (Å²) in [5, 5.41) is 9.93. The Morgan fingerprint density at radius 2 is 2.21 bits per heavy atom. The summed E-state index contributed by atoms with van der Waals surface area (Å²) in [6, 6.07) is 1.76. The maximum absolute atomic E-state index is 9.92. The lowest BCUT2D eigenvalue weighted by Gasteiger charge is -2.08. The van der Waals surface area contributed by atoms with Crippen molar-refractivity contribution in [3.8, 4) is 5.75 Å². The molecule has 1 aromatic carbocycles. The van der Waals surface area contributed by atoms with E-state index >= 15 is 0 Å². The second-order valence-electron chi connectivity index (χ2n) is 3.05. The van der Waals surface area contributed by atoms with Crippen molar-refractivity contribution < 1.29 is 9.90 Å². The third-order valence-corrected chi connectivity index (χ3v) is 2.60. The Hall–Kier alpha value is -1.31. The summed E-state index contributed by atoms with van der Waals surface area (Å²) in [6.45, 7) is 3.81. The van der Waals surface area contributed by atoms with Crippen LogP contribution in [0.25, 0.3) is 0 Å². The van der Waals surface area contributed by atoms with Gasteiger partial charge in [-0.15, -0.1) is 0 Å². The van der Waals surface area contributed by atoms with Gasteiger partial charge in [-0.2, -0.15) is 0 Å². The van der Waals surface area contributed by atoms with Crippen LogP contribution in [0.4, 0.5) is 0 Å². The monoisotopic (exact) mass is 211 g/mol. The van der Waals surface area contributed by atoms with Crippen molar-refractivity contribution in [3.05, 3.63) is 27.8 Å². The molecular weight excluding hydrogens is 202 g/mol. The highest BCUT2D eigenvalue weighted by molar-refractivity contribution is 6.33. The number of isocyanates is 1. The van der Waals surface area contributed by atoms with Crippen molar-refractivity contribution >= 4 is 17.7 Å². The fourth-order valence-corrected chi connectivity index (χ4v) is 1.44. The molecule has 0 spiro atoms. The Morgan fingerprint density at radius 3 is 2.79 bits per heavy atom. The summed E-state index contributed by atoms with van der Waals surface area (Å²) in [5.41, 5.74) is 2.34. The number of hydrogen-bond acceptors (Lipinski definition) is 3. The Morgan fingerprint density at radius 1 is 1.57 bits per heavy atom. The number of phenols is 1. The van der Waals surface area contributed by atoms with E-state index in [1.807, 2.05) is 13.8 Å². The molecule has 74 valence electrons. The zero-order valence-corrected chi connectivity index (χ0v) is 8.72. The summed E-state index contributed by atoms with van der Waals surface area (Å²) < 4.78 is 0. The number of hydrogen-bond donors (Lipinski definition) is 1. The van der Waals surface area contributed by atoms with Crippen LogP contribution in [0.5, 0.6) is 5.75 Å². The van der Waals surface area contributed by atoms with Crippen LogP contribution in [-0.2, 0) is 11.3 Å². The van der Waals surface area contributed by atoms with Gasteiger partial charge >= 0.3 is 0 Å².